The van der Waals surface area contributed by atoms with Crippen molar-refractivity contribution in [2.24, 2.45) is 0 Å². The topological polar surface area (TPSA) is 67.1 Å². The van der Waals surface area contributed by atoms with Crippen molar-refractivity contribution in [3.8, 4) is 5.69 Å². The van der Waals surface area contributed by atoms with Crippen molar-refractivity contribution in [1.82, 2.24) is 25.1 Å². The van der Waals surface area contributed by atoms with Gasteiger partial charge in [-0.05, 0) is 35.9 Å². The number of hydrogen-bond acceptors (Lipinski definition) is 5. The summed E-state index contributed by atoms with van der Waals surface area (Å²) in [6.07, 6.45) is 0.792. The average molecular weight is 259 g/mol. The van der Waals surface area contributed by atoms with Gasteiger partial charge >= 0.3 is 0 Å². The second kappa shape index (κ2) is 4.71. The maximum Gasteiger partial charge on any atom is 0.170 e. The lowest BCUT2D eigenvalue weighted by atomic mass is 10.1. The lowest BCUT2D eigenvalue weighted by molar-refractivity contribution is 0.0675. The van der Waals surface area contributed by atoms with Crippen LogP contribution in [-0.2, 0) is 6.54 Å². The number of tetrazole rings is 1. The summed E-state index contributed by atoms with van der Waals surface area (Å²) in [6.45, 7) is 4.05. The van der Waals surface area contributed by atoms with Crippen molar-refractivity contribution in [3.05, 3.63) is 36.2 Å². The molecule has 6 nitrogen and oxygen atoms in total. The van der Waals surface area contributed by atoms with Crippen molar-refractivity contribution in [2.75, 3.05) is 13.1 Å². The molecule has 1 aliphatic rings. The van der Waals surface area contributed by atoms with Crippen molar-refractivity contribution in [1.29, 1.82) is 0 Å². The van der Waals surface area contributed by atoms with Gasteiger partial charge in [-0.3, -0.25) is 4.90 Å². The van der Waals surface area contributed by atoms with Crippen LogP contribution in [0.5, 0.6) is 0 Å². The largest absolute Gasteiger partial charge is 0.389 e. The molecule has 0 saturated carbocycles. The van der Waals surface area contributed by atoms with Crippen LogP contribution in [0.25, 0.3) is 5.69 Å². The van der Waals surface area contributed by atoms with E-state index in [4.69, 9.17) is 0 Å². The van der Waals surface area contributed by atoms with E-state index in [9.17, 15) is 5.11 Å². The van der Waals surface area contributed by atoms with Gasteiger partial charge in [0.05, 0.1) is 17.8 Å². The second-order valence-electron chi connectivity index (χ2n) is 5.30. The summed E-state index contributed by atoms with van der Waals surface area (Å²) in [7, 11) is 0. The predicted molar refractivity (Wildman–Crippen MR) is 69.7 cm³/mol. The number of rotatable bonds is 3. The number of aliphatic hydroxyl groups is 1. The van der Waals surface area contributed by atoms with Gasteiger partial charge in [-0.25, -0.2) is 0 Å². The summed E-state index contributed by atoms with van der Waals surface area (Å²) in [4.78, 5) is 2.17. The van der Waals surface area contributed by atoms with Gasteiger partial charge < -0.3 is 5.11 Å². The Morgan fingerprint density at radius 3 is 2.79 bits per heavy atom. The fraction of sp³-hybridized carbons (Fsp3) is 0.462. The van der Waals surface area contributed by atoms with Gasteiger partial charge in [-0.15, -0.1) is 5.10 Å². The fourth-order valence-electron chi connectivity index (χ4n) is 2.45. The smallest absolute Gasteiger partial charge is 0.170 e. The molecule has 19 heavy (non-hydrogen) atoms. The van der Waals surface area contributed by atoms with Gasteiger partial charge in [0.25, 0.3) is 0 Å². The minimum absolute atomic E-state index is 0.592. The van der Waals surface area contributed by atoms with Crippen LogP contribution in [0.15, 0.2) is 30.3 Å². The van der Waals surface area contributed by atoms with Crippen LogP contribution in [0, 0.1) is 0 Å². The monoisotopic (exact) mass is 259 g/mol. The molecular weight excluding hydrogens is 242 g/mol. The van der Waals surface area contributed by atoms with Crippen LogP contribution in [0.3, 0.4) is 0 Å². The molecular formula is C13H17N5O. The first-order chi connectivity index (χ1) is 9.14. The Labute approximate surface area is 111 Å². The van der Waals surface area contributed by atoms with Gasteiger partial charge in [0, 0.05) is 13.1 Å². The van der Waals surface area contributed by atoms with E-state index in [1.165, 1.54) is 0 Å². The SMILES string of the molecule is CC1(O)CCN(Cc2nnnn2-c2ccccc2)C1. The Kier molecular flexibility index (Phi) is 3.04. The van der Waals surface area contributed by atoms with Gasteiger partial charge in [0.1, 0.15) is 0 Å². The Morgan fingerprint density at radius 1 is 1.32 bits per heavy atom. The van der Waals surface area contributed by atoms with Crippen LogP contribution in [0.2, 0.25) is 0 Å². The van der Waals surface area contributed by atoms with Gasteiger partial charge in [0.2, 0.25) is 0 Å². The maximum atomic E-state index is 9.98. The van der Waals surface area contributed by atoms with Crippen LogP contribution in [0.4, 0.5) is 0 Å². The highest BCUT2D eigenvalue weighted by Crippen LogP contribution is 2.21. The molecule has 1 fully saturated rings. The van der Waals surface area contributed by atoms with Crippen LogP contribution < -0.4 is 0 Å². The molecule has 0 amide bonds. The summed E-state index contributed by atoms with van der Waals surface area (Å²) in [5.74, 6) is 0.795. The van der Waals surface area contributed by atoms with E-state index >= 15 is 0 Å². The fourth-order valence-corrected chi connectivity index (χ4v) is 2.45. The molecule has 100 valence electrons. The third kappa shape index (κ3) is 2.64. The molecule has 1 aromatic heterocycles. The van der Waals surface area contributed by atoms with Crippen molar-refractivity contribution >= 4 is 0 Å². The Bertz CT molecular complexity index is 551. The number of benzene rings is 1. The lowest BCUT2D eigenvalue weighted by Gasteiger charge is -2.18. The number of para-hydroxylation sites is 1. The first kappa shape index (κ1) is 12.3. The summed E-state index contributed by atoms with van der Waals surface area (Å²) in [5, 5.41) is 21.8. The molecule has 1 N–H and O–H groups in total. The number of hydrogen-bond donors (Lipinski definition) is 1. The molecule has 1 aromatic carbocycles. The molecule has 1 atom stereocenters. The predicted octanol–water partition coefficient (Wildman–Crippen LogP) is 0.619. The molecule has 0 aliphatic carbocycles. The first-order valence-corrected chi connectivity index (χ1v) is 6.41. The summed E-state index contributed by atoms with van der Waals surface area (Å²) >= 11 is 0. The third-order valence-electron chi connectivity index (χ3n) is 3.43. The van der Waals surface area contributed by atoms with Crippen LogP contribution in [0.1, 0.15) is 19.2 Å². The van der Waals surface area contributed by atoms with E-state index in [1.807, 2.05) is 37.3 Å². The Morgan fingerprint density at radius 2 is 2.11 bits per heavy atom. The zero-order valence-corrected chi connectivity index (χ0v) is 10.9. The highest BCUT2D eigenvalue weighted by molar-refractivity contribution is 5.30. The summed E-state index contributed by atoms with van der Waals surface area (Å²) in [6, 6.07) is 9.83. The number of aromatic nitrogens is 4. The quantitative estimate of drug-likeness (QED) is 0.875. The number of likely N-dealkylation sites (tertiary alicyclic amines) is 1. The minimum Gasteiger partial charge on any atom is -0.389 e. The Balaban J connectivity index is 1.78. The van der Waals surface area contributed by atoms with E-state index in [2.05, 4.69) is 20.4 Å². The minimum atomic E-state index is -0.592. The van der Waals surface area contributed by atoms with Gasteiger partial charge in [-0.2, -0.15) is 4.68 Å². The van der Waals surface area contributed by atoms with Crippen LogP contribution in [-0.4, -0.2) is 48.9 Å². The number of β-amino-alcohol motifs (C(OH)–C–C–N with tert-alkyl or cyclic N) is 1. The summed E-state index contributed by atoms with van der Waals surface area (Å²) < 4.78 is 1.74. The normalized spacial score (nSPS) is 23.9. The second-order valence-corrected chi connectivity index (χ2v) is 5.30. The molecule has 2 heterocycles. The van der Waals surface area contributed by atoms with Gasteiger partial charge in [-0.1, -0.05) is 18.2 Å². The standard InChI is InChI=1S/C13H17N5O/c1-13(19)7-8-17(10-13)9-12-14-15-16-18(12)11-5-3-2-4-6-11/h2-6,19H,7-10H2,1H3. The van der Waals surface area contributed by atoms with Crippen molar-refractivity contribution in [2.45, 2.75) is 25.5 Å². The zero-order valence-electron chi connectivity index (χ0n) is 10.9. The molecule has 0 radical (unpaired) electrons. The molecule has 1 aliphatic heterocycles. The molecule has 2 aromatic rings. The highest BCUT2D eigenvalue weighted by atomic mass is 16.3. The molecule has 0 bridgehead atoms. The molecule has 6 heteroatoms. The molecule has 1 unspecified atom stereocenters. The van der Waals surface area contributed by atoms with Crippen molar-refractivity contribution in [3.63, 3.8) is 0 Å². The zero-order chi connectivity index (χ0) is 13.3. The molecule has 3 rings (SSSR count). The highest BCUT2D eigenvalue weighted by Gasteiger charge is 2.32. The average Bonchev–Trinajstić information content (AvgIpc) is 2.98. The van der Waals surface area contributed by atoms with E-state index in [1.54, 1.807) is 4.68 Å². The lowest BCUT2D eigenvalue weighted by Crippen LogP contribution is -2.30. The van der Waals surface area contributed by atoms with E-state index in [0.717, 1.165) is 24.5 Å². The van der Waals surface area contributed by atoms with E-state index < -0.39 is 5.60 Å². The van der Waals surface area contributed by atoms with Crippen LogP contribution >= 0.6 is 0 Å². The molecule has 0 spiro atoms. The van der Waals surface area contributed by atoms with Gasteiger partial charge in [0.15, 0.2) is 5.82 Å². The summed E-state index contributed by atoms with van der Waals surface area (Å²) in [5.41, 5.74) is 0.360. The third-order valence-corrected chi connectivity index (χ3v) is 3.43. The molecule has 1 saturated heterocycles. The van der Waals surface area contributed by atoms with E-state index in [0.29, 0.717) is 13.1 Å². The number of nitrogens with zero attached hydrogens (tertiary/aromatic N) is 5. The maximum absolute atomic E-state index is 9.98. The van der Waals surface area contributed by atoms with E-state index in [-0.39, 0.29) is 0 Å². The Hall–Kier alpha value is -1.79. The van der Waals surface area contributed by atoms with Crippen molar-refractivity contribution < 1.29 is 5.11 Å². The first-order valence-electron chi connectivity index (χ1n) is 6.41.